The molecule has 1 amide bonds. The van der Waals surface area contributed by atoms with Crippen LogP contribution in [0.4, 0.5) is 0 Å². The minimum atomic E-state index is -3.27. The number of amides is 1. The molecule has 144 valence electrons. The molecule has 3 rings (SSSR count). The van der Waals surface area contributed by atoms with E-state index in [1.807, 2.05) is 6.07 Å². The standard InChI is InChI=1S/C17H21N5O4S/c1-13(17(24)20-8-10-21(11-9-20)27(2,25)26)22-16(23)6-5-15(19-22)14-4-3-7-18-12-14/h3-7,12-13H,8-11H2,1-2H3. The van der Waals surface area contributed by atoms with E-state index in [1.54, 1.807) is 36.4 Å². The van der Waals surface area contributed by atoms with E-state index in [0.717, 1.165) is 16.5 Å². The third kappa shape index (κ3) is 4.22. The van der Waals surface area contributed by atoms with Crippen molar-refractivity contribution in [1.29, 1.82) is 0 Å². The van der Waals surface area contributed by atoms with Gasteiger partial charge in [-0.1, -0.05) is 0 Å². The highest BCUT2D eigenvalue weighted by atomic mass is 32.2. The van der Waals surface area contributed by atoms with E-state index in [-0.39, 0.29) is 37.6 Å². The van der Waals surface area contributed by atoms with Crippen molar-refractivity contribution in [3.63, 3.8) is 0 Å². The largest absolute Gasteiger partial charge is 0.338 e. The van der Waals surface area contributed by atoms with Gasteiger partial charge in [0.25, 0.3) is 5.56 Å². The van der Waals surface area contributed by atoms with Crippen molar-refractivity contribution < 1.29 is 13.2 Å². The second kappa shape index (κ2) is 7.57. The summed E-state index contributed by atoms with van der Waals surface area (Å²) in [6, 6.07) is 5.76. The van der Waals surface area contributed by atoms with E-state index >= 15 is 0 Å². The van der Waals surface area contributed by atoms with E-state index in [0.29, 0.717) is 5.69 Å². The van der Waals surface area contributed by atoms with Crippen molar-refractivity contribution in [3.8, 4) is 11.3 Å². The molecule has 27 heavy (non-hydrogen) atoms. The van der Waals surface area contributed by atoms with Crippen LogP contribution in [0.1, 0.15) is 13.0 Å². The third-order valence-corrected chi connectivity index (χ3v) is 5.83. The first-order valence-corrected chi connectivity index (χ1v) is 10.4. The summed E-state index contributed by atoms with van der Waals surface area (Å²) in [4.78, 5) is 30.6. The Kier molecular flexibility index (Phi) is 5.38. The fourth-order valence-corrected chi connectivity index (χ4v) is 3.81. The molecule has 1 saturated heterocycles. The van der Waals surface area contributed by atoms with Crippen LogP contribution in [0.2, 0.25) is 0 Å². The van der Waals surface area contributed by atoms with Gasteiger partial charge in [-0.2, -0.15) is 9.40 Å². The molecule has 0 aromatic carbocycles. The Morgan fingerprint density at radius 1 is 1.15 bits per heavy atom. The third-order valence-electron chi connectivity index (χ3n) is 4.53. The van der Waals surface area contributed by atoms with Gasteiger partial charge in [0.15, 0.2) is 0 Å². The van der Waals surface area contributed by atoms with Gasteiger partial charge in [-0.15, -0.1) is 0 Å². The zero-order valence-corrected chi connectivity index (χ0v) is 16.0. The summed E-state index contributed by atoms with van der Waals surface area (Å²) >= 11 is 0. The molecular formula is C17H21N5O4S. The van der Waals surface area contributed by atoms with E-state index in [4.69, 9.17) is 0 Å². The predicted molar refractivity (Wildman–Crippen MR) is 99.4 cm³/mol. The minimum Gasteiger partial charge on any atom is -0.338 e. The lowest BCUT2D eigenvalue weighted by Crippen LogP contribution is -2.52. The first-order valence-electron chi connectivity index (χ1n) is 8.51. The molecule has 0 saturated carbocycles. The van der Waals surface area contributed by atoms with Crippen molar-refractivity contribution in [2.75, 3.05) is 32.4 Å². The smallest absolute Gasteiger partial charge is 0.267 e. The van der Waals surface area contributed by atoms with Crippen molar-refractivity contribution in [2.24, 2.45) is 0 Å². The Balaban J connectivity index is 1.79. The molecule has 1 atom stereocenters. The average Bonchev–Trinajstić information content (AvgIpc) is 2.67. The average molecular weight is 391 g/mol. The lowest BCUT2D eigenvalue weighted by Gasteiger charge is -2.34. The van der Waals surface area contributed by atoms with E-state index < -0.39 is 16.1 Å². The maximum atomic E-state index is 12.8. The van der Waals surface area contributed by atoms with Crippen molar-refractivity contribution in [1.82, 2.24) is 24.0 Å². The van der Waals surface area contributed by atoms with Crippen LogP contribution in [0.15, 0.2) is 41.5 Å². The fourth-order valence-electron chi connectivity index (χ4n) is 2.98. The number of hydrogen-bond acceptors (Lipinski definition) is 6. The Morgan fingerprint density at radius 2 is 1.85 bits per heavy atom. The highest BCUT2D eigenvalue weighted by Gasteiger charge is 2.29. The molecule has 1 aliphatic heterocycles. The summed E-state index contributed by atoms with van der Waals surface area (Å²) in [5, 5.41) is 4.32. The number of carbonyl (C=O) groups is 1. The van der Waals surface area contributed by atoms with Crippen LogP contribution < -0.4 is 5.56 Å². The maximum absolute atomic E-state index is 12.8. The van der Waals surface area contributed by atoms with Crippen LogP contribution in [0, 0.1) is 0 Å². The van der Waals surface area contributed by atoms with Crippen molar-refractivity contribution >= 4 is 15.9 Å². The van der Waals surface area contributed by atoms with Gasteiger partial charge in [-0.05, 0) is 25.1 Å². The summed E-state index contributed by atoms with van der Waals surface area (Å²) in [6.45, 7) is 2.68. The molecule has 0 aliphatic carbocycles. The van der Waals surface area contributed by atoms with Crippen LogP contribution in [-0.4, -0.2) is 70.7 Å². The lowest BCUT2D eigenvalue weighted by molar-refractivity contribution is -0.135. The Labute approximate surface area is 157 Å². The van der Waals surface area contributed by atoms with Gasteiger partial charge in [0, 0.05) is 50.2 Å². The first-order chi connectivity index (χ1) is 12.8. The van der Waals surface area contributed by atoms with Gasteiger partial charge < -0.3 is 4.90 Å². The number of pyridine rings is 1. The molecule has 1 aliphatic rings. The zero-order valence-electron chi connectivity index (χ0n) is 15.1. The molecule has 2 aromatic heterocycles. The monoisotopic (exact) mass is 391 g/mol. The lowest BCUT2D eigenvalue weighted by atomic mass is 10.2. The number of carbonyl (C=O) groups excluding carboxylic acids is 1. The first kappa shape index (κ1) is 19.2. The Hall–Kier alpha value is -2.59. The van der Waals surface area contributed by atoms with Gasteiger partial charge >= 0.3 is 0 Å². The van der Waals surface area contributed by atoms with E-state index in [9.17, 15) is 18.0 Å². The quantitative estimate of drug-likeness (QED) is 0.725. The predicted octanol–water partition coefficient (Wildman–Crippen LogP) is -0.0299. The van der Waals surface area contributed by atoms with Gasteiger partial charge in [0.2, 0.25) is 15.9 Å². The maximum Gasteiger partial charge on any atom is 0.267 e. The molecule has 9 nitrogen and oxygen atoms in total. The summed E-state index contributed by atoms with van der Waals surface area (Å²) in [7, 11) is -3.27. The number of rotatable bonds is 4. The summed E-state index contributed by atoms with van der Waals surface area (Å²) in [6.07, 6.45) is 4.43. The molecule has 2 aromatic rings. The zero-order chi connectivity index (χ0) is 19.6. The second-order valence-corrected chi connectivity index (χ2v) is 8.39. The highest BCUT2D eigenvalue weighted by molar-refractivity contribution is 7.88. The molecule has 0 spiro atoms. The summed E-state index contributed by atoms with van der Waals surface area (Å²) < 4.78 is 25.7. The van der Waals surface area contributed by atoms with Gasteiger partial charge in [-0.3, -0.25) is 14.6 Å². The van der Waals surface area contributed by atoms with Crippen LogP contribution in [0.5, 0.6) is 0 Å². The molecular weight excluding hydrogens is 370 g/mol. The SMILES string of the molecule is CC(C(=O)N1CCN(S(C)(=O)=O)CC1)n1nc(-c2cccnc2)ccc1=O. The van der Waals surface area contributed by atoms with E-state index in [2.05, 4.69) is 10.1 Å². The fraction of sp³-hybridized carbons (Fsp3) is 0.412. The number of sulfonamides is 1. The van der Waals surface area contributed by atoms with Crippen molar-refractivity contribution in [2.45, 2.75) is 13.0 Å². The molecule has 1 fully saturated rings. The van der Waals surface area contributed by atoms with Crippen LogP contribution >= 0.6 is 0 Å². The molecule has 0 bridgehead atoms. The van der Waals surface area contributed by atoms with Crippen LogP contribution in [0.25, 0.3) is 11.3 Å². The van der Waals surface area contributed by atoms with Crippen LogP contribution in [-0.2, 0) is 14.8 Å². The number of nitrogens with zero attached hydrogens (tertiary/aromatic N) is 5. The van der Waals surface area contributed by atoms with Crippen molar-refractivity contribution in [3.05, 3.63) is 47.0 Å². The molecule has 0 N–H and O–H groups in total. The summed E-state index contributed by atoms with van der Waals surface area (Å²) in [5.74, 6) is -0.263. The minimum absolute atomic E-state index is 0.245. The summed E-state index contributed by atoms with van der Waals surface area (Å²) in [5.41, 5.74) is 0.912. The van der Waals surface area contributed by atoms with E-state index in [1.165, 1.54) is 10.4 Å². The normalized spacial score (nSPS) is 16.9. The van der Waals surface area contributed by atoms with Gasteiger partial charge in [-0.25, -0.2) is 13.1 Å². The Morgan fingerprint density at radius 3 is 2.44 bits per heavy atom. The van der Waals surface area contributed by atoms with Gasteiger partial charge in [0.1, 0.15) is 6.04 Å². The molecule has 1 unspecified atom stereocenters. The Bertz CT molecular complexity index is 982. The second-order valence-electron chi connectivity index (χ2n) is 6.41. The number of aromatic nitrogens is 3. The highest BCUT2D eigenvalue weighted by Crippen LogP contribution is 2.16. The number of hydrogen-bond donors (Lipinski definition) is 0. The number of piperazine rings is 1. The topological polar surface area (TPSA) is 105 Å². The van der Waals surface area contributed by atoms with Crippen LogP contribution in [0.3, 0.4) is 0 Å². The molecule has 3 heterocycles. The molecule has 0 radical (unpaired) electrons. The molecule has 10 heteroatoms. The van der Waals surface area contributed by atoms with Gasteiger partial charge in [0.05, 0.1) is 11.9 Å².